The van der Waals surface area contributed by atoms with Gasteiger partial charge in [-0.2, -0.15) is 0 Å². The van der Waals surface area contributed by atoms with E-state index < -0.39 is 0 Å². The largest absolute Gasteiger partial charge is 0.465 e. The highest BCUT2D eigenvalue weighted by molar-refractivity contribution is 5.66. The van der Waals surface area contributed by atoms with Gasteiger partial charge < -0.3 is 9.47 Å². The molecule has 154 valence electrons. The van der Waals surface area contributed by atoms with E-state index in [1.165, 1.54) is 30.5 Å². The second-order valence-electron chi connectivity index (χ2n) is 9.65. The van der Waals surface area contributed by atoms with Crippen LogP contribution in [0.5, 0.6) is 0 Å². The second kappa shape index (κ2) is 7.53. The summed E-state index contributed by atoms with van der Waals surface area (Å²) >= 11 is 0. The maximum Gasteiger partial charge on any atom is 0.302 e. The Morgan fingerprint density at radius 1 is 1.14 bits per heavy atom. The normalized spacial score (nSPS) is 31.7. The molecule has 4 heteroatoms. The molecular formula is C24H34O4. The van der Waals surface area contributed by atoms with E-state index in [-0.39, 0.29) is 28.9 Å². The molecule has 3 rings (SSSR count). The molecule has 2 aliphatic carbocycles. The van der Waals surface area contributed by atoms with E-state index in [1.54, 1.807) is 0 Å². The maximum atomic E-state index is 11.7. The Labute approximate surface area is 169 Å². The van der Waals surface area contributed by atoms with Crippen molar-refractivity contribution in [2.45, 2.75) is 84.7 Å². The van der Waals surface area contributed by atoms with Gasteiger partial charge in [0.15, 0.2) is 0 Å². The molecule has 0 N–H and O–H groups in total. The van der Waals surface area contributed by atoms with Crippen molar-refractivity contribution in [1.82, 2.24) is 0 Å². The van der Waals surface area contributed by atoms with Crippen LogP contribution < -0.4 is 0 Å². The molecule has 0 bridgehead atoms. The second-order valence-corrected chi connectivity index (χ2v) is 9.65. The number of fused-ring (bicyclic) bond motifs is 3. The van der Waals surface area contributed by atoms with Crippen molar-refractivity contribution in [3.05, 3.63) is 34.9 Å². The van der Waals surface area contributed by atoms with Gasteiger partial charge in [0.1, 0.15) is 6.10 Å². The van der Waals surface area contributed by atoms with Crippen molar-refractivity contribution in [3.8, 4) is 0 Å². The molecule has 4 nitrogen and oxygen atoms in total. The SMILES string of the molecule is CC(=O)OC[C@@]1(C)C[C@H](OC(C)=O)C[C@]2(C)c3ccc(C(C)C)cc3CC[C@@H]12. The molecule has 0 heterocycles. The zero-order chi connectivity index (χ0) is 20.7. The van der Waals surface area contributed by atoms with E-state index in [2.05, 4.69) is 45.9 Å². The van der Waals surface area contributed by atoms with Gasteiger partial charge in [-0.25, -0.2) is 0 Å². The minimum absolute atomic E-state index is 0.101. The van der Waals surface area contributed by atoms with Crippen LogP contribution in [0, 0.1) is 11.3 Å². The smallest absolute Gasteiger partial charge is 0.302 e. The van der Waals surface area contributed by atoms with E-state index in [1.807, 2.05) is 0 Å². The summed E-state index contributed by atoms with van der Waals surface area (Å²) in [4.78, 5) is 23.2. The first-order valence-electron chi connectivity index (χ1n) is 10.5. The molecule has 0 saturated heterocycles. The zero-order valence-corrected chi connectivity index (χ0v) is 18.1. The Balaban J connectivity index is 2.02. The number of hydrogen-bond donors (Lipinski definition) is 0. The number of hydrogen-bond acceptors (Lipinski definition) is 4. The molecule has 0 spiro atoms. The Kier molecular flexibility index (Phi) is 5.62. The van der Waals surface area contributed by atoms with Crippen molar-refractivity contribution < 1.29 is 19.1 Å². The van der Waals surface area contributed by atoms with Crippen LogP contribution in [0.2, 0.25) is 0 Å². The highest BCUT2D eigenvalue weighted by atomic mass is 16.5. The van der Waals surface area contributed by atoms with E-state index in [0.29, 0.717) is 18.4 Å². The number of carbonyl (C=O) groups excluding carboxylic acids is 2. The predicted molar refractivity (Wildman–Crippen MR) is 109 cm³/mol. The first-order chi connectivity index (χ1) is 13.0. The molecule has 0 unspecified atom stereocenters. The lowest BCUT2D eigenvalue weighted by Crippen LogP contribution is -2.55. The van der Waals surface area contributed by atoms with Gasteiger partial charge in [0.25, 0.3) is 0 Å². The average molecular weight is 387 g/mol. The summed E-state index contributed by atoms with van der Waals surface area (Å²) in [7, 11) is 0. The average Bonchev–Trinajstić information content (AvgIpc) is 2.58. The standard InChI is InChI=1S/C24H34O4/c1-15(2)18-7-9-21-19(11-18)8-10-22-23(5,14-27-16(3)25)12-20(28-17(4)26)13-24(21,22)6/h7,9,11,15,20,22H,8,10,12-14H2,1-6H3/t20-,22-,23+,24+/m0/s1. The van der Waals surface area contributed by atoms with Gasteiger partial charge in [-0.1, -0.05) is 45.9 Å². The van der Waals surface area contributed by atoms with Crippen LogP contribution >= 0.6 is 0 Å². The van der Waals surface area contributed by atoms with Crippen LogP contribution in [0.1, 0.15) is 83.4 Å². The molecule has 1 saturated carbocycles. The minimum atomic E-state index is -0.254. The summed E-state index contributed by atoms with van der Waals surface area (Å²) in [5, 5.41) is 0. The lowest BCUT2D eigenvalue weighted by molar-refractivity contribution is -0.164. The number of benzene rings is 1. The number of aryl methyl sites for hydroxylation is 1. The Hall–Kier alpha value is -1.84. The van der Waals surface area contributed by atoms with Gasteiger partial charge in [-0.3, -0.25) is 9.59 Å². The van der Waals surface area contributed by atoms with Crippen LogP contribution in [0.25, 0.3) is 0 Å². The molecular weight excluding hydrogens is 352 g/mol. The van der Waals surface area contributed by atoms with E-state index in [0.717, 1.165) is 25.7 Å². The lowest BCUT2D eigenvalue weighted by Gasteiger charge is -2.56. The molecule has 1 aromatic carbocycles. The first kappa shape index (κ1) is 20.9. The molecule has 0 amide bonds. The Morgan fingerprint density at radius 3 is 2.46 bits per heavy atom. The fourth-order valence-electron chi connectivity index (χ4n) is 5.86. The quantitative estimate of drug-likeness (QED) is 0.689. The number of ether oxygens (including phenoxy) is 2. The van der Waals surface area contributed by atoms with E-state index in [4.69, 9.17) is 9.47 Å². The molecule has 1 fully saturated rings. The summed E-state index contributed by atoms with van der Waals surface area (Å²) in [6.07, 6.45) is 3.51. The summed E-state index contributed by atoms with van der Waals surface area (Å²) in [5.41, 5.74) is 3.85. The number of rotatable bonds is 4. The van der Waals surface area contributed by atoms with Crippen LogP contribution in [-0.4, -0.2) is 24.6 Å². The van der Waals surface area contributed by atoms with Crippen LogP contribution in [0.4, 0.5) is 0 Å². The summed E-state index contributed by atoms with van der Waals surface area (Å²) < 4.78 is 11.2. The molecule has 1 aromatic rings. The number of esters is 2. The van der Waals surface area contributed by atoms with Crippen LogP contribution in [0.3, 0.4) is 0 Å². The Morgan fingerprint density at radius 2 is 1.86 bits per heavy atom. The molecule has 4 atom stereocenters. The third-order valence-electron chi connectivity index (χ3n) is 7.01. The van der Waals surface area contributed by atoms with Gasteiger partial charge in [0.05, 0.1) is 6.61 Å². The predicted octanol–water partition coefficient (Wildman–Crippen LogP) is 4.93. The fourth-order valence-corrected chi connectivity index (χ4v) is 5.86. The third-order valence-corrected chi connectivity index (χ3v) is 7.01. The van der Waals surface area contributed by atoms with Crippen molar-refractivity contribution in [1.29, 1.82) is 0 Å². The van der Waals surface area contributed by atoms with Gasteiger partial charge >= 0.3 is 11.9 Å². The molecule has 0 radical (unpaired) electrons. The van der Waals surface area contributed by atoms with E-state index >= 15 is 0 Å². The Bertz CT molecular complexity index is 768. The van der Waals surface area contributed by atoms with E-state index in [9.17, 15) is 9.59 Å². The van der Waals surface area contributed by atoms with Crippen molar-refractivity contribution >= 4 is 11.9 Å². The minimum Gasteiger partial charge on any atom is -0.465 e. The summed E-state index contributed by atoms with van der Waals surface area (Å²) in [6.45, 7) is 12.3. The molecule has 0 aromatic heterocycles. The maximum absolute atomic E-state index is 11.7. The molecule has 2 aliphatic rings. The van der Waals surface area contributed by atoms with Crippen LogP contribution in [0.15, 0.2) is 18.2 Å². The van der Waals surface area contributed by atoms with Gasteiger partial charge in [-0.15, -0.1) is 0 Å². The summed E-state index contributed by atoms with van der Waals surface area (Å²) in [5.74, 6) is 0.386. The van der Waals surface area contributed by atoms with Gasteiger partial charge in [-0.05, 0) is 59.6 Å². The number of carbonyl (C=O) groups is 2. The fraction of sp³-hybridized carbons (Fsp3) is 0.667. The van der Waals surface area contributed by atoms with Crippen LogP contribution in [-0.2, 0) is 30.9 Å². The topological polar surface area (TPSA) is 52.6 Å². The van der Waals surface area contributed by atoms with Gasteiger partial charge in [0, 0.05) is 19.3 Å². The van der Waals surface area contributed by atoms with Crippen molar-refractivity contribution in [3.63, 3.8) is 0 Å². The van der Waals surface area contributed by atoms with Gasteiger partial charge in [0.2, 0.25) is 0 Å². The van der Waals surface area contributed by atoms with Crippen molar-refractivity contribution in [2.24, 2.45) is 11.3 Å². The highest BCUT2D eigenvalue weighted by Crippen LogP contribution is 2.58. The molecule has 28 heavy (non-hydrogen) atoms. The summed E-state index contributed by atoms with van der Waals surface area (Å²) in [6, 6.07) is 6.90. The highest BCUT2D eigenvalue weighted by Gasteiger charge is 2.55. The molecule has 0 aliphatic heterocycles. The first-order valence-corrected chi connectivity index (χ1v) is 10.5. The zero-order valence-electron chi connectivity index (χ0n) is 18.1. The monoisotopic (exact) mass is 386 g/mol. The lowest BCUT2D eigenvalue weighted by atomic mass is 9.49. The third kappa shape index (κ3) is 3.83. The van der Waals surface area contributed by atoms with Crippen molar-refractivity contribution in [2.75, 3.05) is 6.61 Å².